The van der Waals surface area contributed by atoms with E-state index in [1.54, 1.807) is 14.0 Å². The van der Waals surface area contributed by atoms with Crippen molar-refractivity contribution in [3.8, 4) is 0 Å². The minimum Gasteiger partial charge on any atom is -0.469 e. The van der Waals surface area contributed by atoms with Gasteiger partial charge in [0.25, 0.3) is 0 Å². The fraction of sp³-hybridized carbons (Fsp3) is 0.875. The van der Waals surface area contributed by atoms with Crippen molar-refractivity contribution in [2.24, 2.45) is 38.9 Å². The lowest BCUT2D eigenvalue weighted by molar-refractivity contribution is -0.209. The molecule has 0 saturated heterocycles. The predicted molar refractivity (Wildman–Crippen MR) is 144 cm³/mol. The van der Waals surface area contributed by atoms with Crippen molar-refractivity contribution in [2.75, 3.05) is 7.11 Å². The zero-order valence-electron chi connectivity index (χ0n) is 24.4. The van der Waals surface area contributed by atoms with E-state index in [0.29, 0.717) is 11.8 Å². The van der Waals surface area contributed by atoms with Crippen molar-refractivity contribution in [1.82, 2.24) is 0 Å². The molecular weight excluding hydrogens is 448 g/mol. The number of fused-ring (bicyclic) bond motifs is 5. The maximum absolute atomic E-state index is 13.2. The van der Waals surface area contributed by atoms with Crippen LogP contribution in [-0.4, -0.2) is 25.2 Å². The van der Waals surface area contributed by atoms with E-state index in [0.717, 1.165) is 51.4 Å². The zero-order valence-corrected chi connectivity index (χ0v) is 24.4. The quantitative estimate of drug-likeness (QED) is 0.210. The Morgan fingerprint density at radius 1 is 0.972 bits per heavy atom. The standard InChI is InChI=1S/C32H52O4/c1-9-10-11-16-32(27(34)35-8)20-19-30(6)23(21-32)12-13-25-29(5)17-15-26(36-22(2)33)28(3,4)24(29)14-18-31(25,30)7/h12,24-26H,9-11,13-21H2,1-8H3. The summed E-state index contributed by atoms with van der Waals surface area (Å²) in [6.45, 7) is 16.1. The van der Waals surface area contributed by atoms with Crippen molar-refractivity contribution >= 4 is 11.9 Å². The Kier molecular flexibility index (Phi) is 7.28. The largest absolute Gasteiger partial charge is 0.469 e. The number of rotatable bonds is 6. The van der Waals surface area contributed by atoms with Gasteiger partial charge < -0.3 is 9.47 Å². The summed E-state index contributed by atoms with van der Waals surface area (Å²) >= 11 is 0. The van der Waals surface area contributed by atoms with Crippen LogP contribution in [0.2, 0.25) is 0 Å². The van der Waals surface area contributed by atoms with E-state index >= 15 is 0 Å². The molecule has 7 atom stereocenters. The average molecular weight is 501 g/mol. The second kappa shape index (κ2) is 9.45. The van der Waals surface area contributed by atoms with Crippen LogP contribution < -0.4 is 0 Å². The third-order valence-corrected chi connectivity index (χ3v) is 12.4. The Bertz CT molecular complexity index is 904. The highest BCUT2D eigenvalue weighted by Crippen LogP contribution is 2.74. The molecule has 0 aromatic carbocycles. The molecule has 0 aromatic rings. The summed E-state index contributed by atoms with van der Waals surface area (Å²) in [5.41, 5.74) is 1.75. The molecule has 36 heavy (non-hydrogen) atoms. The minimum atomic E-state index is -0.344. The van der Waals surface area contributed by atoms with Crippen molar-refractivity contribution in [3.05, 3.63) is 11.6 Å². The van der Waals surface area contributed by atoms with Crippen LogP contribution in [0.15, 0.2) is 11.6 Å². The smallest absolute Gasteiger partial charge is 0.312 e. The Hall–Kier alpha value is -1.32. The monoisotopic (exact) mass is 500 g/mol. The van der Waals surface area contributed by atoms with Gasteiger partial charge in [0.2, 0.25) is 0 Å². The second-order valence-electron chi connectivity index (χ2n) is 14.2. The summed E-state index contributed by atoms with van der Waals surface area (Å²) in [7, 11) is 1.57. The van der Waals surface area contributed by atoms with Crippen molar-refractivity contribution in [2.45, 2.75) is 132 Å². The van der Waals surface area contributed by atoms with Gasteiger partial charge in [0.15, 0.2) is 0 Å². The number of unbranched alkanes of at least 4 members (excludes halogenated alkanes) is 2. The lowest BCUT2D eigenvalue weighted by Gasteiger charge is -2.70. The summed E-state index contributed by atoms with van der Waals surface area (Å²) in [6.07, 6.45) is 15.5. The van der Waals surface area contributed by atoms with Gasteiger partial charge in [-0.3, -0.25) is 9.59 Å². The van der Waals surface area contributed by atoms with Gasteiger partial charge in [0, 0.05) is 12.3 Å². The fourth-order valence-corrected chi connectivity index (χ4v) is 10.1. The van der Waals surface area contributed by atoms with Gasteiger partial charge in [-0.1, -0.05) is 72.5 Å². The number of hydrogen-bond acceptors (Lipinski definition) is 4. The van der Waals surface area contributed by atoms with Gasteiger partial charge in [0.05, 0.1) is 12.5 Å². The van der Waals surface area contributed by atoms with Gasteiger partial charge in [-0.2, -0.15) is 0 Å². The summed E-state index contributed by atoms with van der Waals surface area (Å²) in [4.78, 5) is 25.0. The Morgan fingerprint density at radius 3 is 2.33 bits per heavy atom. The fourth-order valence-electron chi connectivity index (χ4n) is 10.1. The van der Waals surface area contributed by atoms with E-state index in [-0.39, 0.29) is 45.1 Å². The third-order valence-electron chi connectivity index (χ3n) is 12.4. The molecule has 204 valence electrons. The molecule has 0 heterocycles. The first-order chi connectivity index (χ1) is 16.8. The molecule has 0 N–H and O–H groups in total. The van der Waals surface area contributed by atoms with Gasteiger partial charge in [-0.25, -0.2) is 0 Å². The van der Waals surface area contributed by atoms with E-state index < -0.39 is 0 Å². The number of carbonyl (C=O) groups excluding carboxylic acids is 2. The molecule has 3 fully saturated rings. The van der Waals surface area contributed by atoms with Crippen LogP contribution >= 0.6 is 0 Å². The Balaban J connectivity index is 1.66. The first kappa shape index (κ1) is 27.7. The Morgan fingerprint density at radius 2 is 1.69 bits per heavy atom. The lowest BCUT2D eigenvalue weighted by atomic mass is 9.35. The second-order valence-corrected chi connectivity index (χ2v) is 14.2. The molecule has 4 heteroatoms. The highest BCUT2D eigenvalue weighted by atomic mass is 16.5. The number of methoxy groups -OCH3 is 1. The zero-order chi connectivity index (χ0) is 26.6. The van der Waals surface area contributed by atoms with Gasteiger partial charge in [-0.15, -0.1) is 0 Å². The van der Waals surface area contributed by atoms with E-state index in [2.05, 4.69) is 47.6 Å². The molecule has 4 rings (SSSR count). The van der Waals surface area contributed by atoms with E-state index in [1.807, 2.05) is 0 Å². The number of carbonyl (C=O) groups is 2. The number of allylic oxidation sites excluding steroid dienone is 2. The molecule has 0 radical (unpaired) electrons. The number of ether oxygens (including phenoxy) is 2. The summed E-state index contributed by atoms with van der Waals surface area (Å²) in [5, 5.41) is 0. The van der Waals surface area contributed by atoms with E-state index in [9.17, 15) is 9.59 Å². The van der Waals surface area contributed by atoms with Crippen LogP contribution in [0.3, 0.4) is 0 Å². The van der Waals surface area contributed by atoms with Crippen molar-refractivity contribution in [3.63, 3.8) is 0 Å². The van der Waals surface area contributed by atoms with Crippen molar-refractivity contribution < 1.29 is 19.1 Å². The van der Waals surface area contributed by atoms with Crippen LogP contribution in [0.1, 0.15) is 126 Å². The maximum atomic E-state index is 13.2. The normalized spacial score (nSPS) is 43.3. The average Bonchev–Trinajstić information content (AvgIpc) is 2.81. The van der Waals surface area contributed by atoms with Crippen LogP contribution in [0.25, 0.3) is 0 Å². The molecule has 7 unspecified atom stereocenters. The van der Waals surface area contributed by atoms with Crippen LogP contribution in [0, 0.1) is 38.9 Å². The molecule has 4 aliphatic carbocycles. The number of hydrogen-bond donors (Lipinski definition) is 0. The number of esters is 2. The molecule has 0 aromatic heterocycles. The predicted octanol–water partition coefficient (Wildman–Crippen LogP) is 8.04. The van der Waals surface area contributed by atoms with Gasteiger partial charge in [0.1, 0.15) is 6.10 Å². The molecule has 3 saturated carbocycles. The molecule has 0 bridgehead atoms. The molecule has 4 aliphatic rings. The van der Waals surface area contributed by atoms with E-state index in [1.165, 1.54) is 31.3 Å². The summed E-state index contributed by atoms with van der Waals surface area (Å²) in [6, 6.07) is 0. The van der Waals surface area contributed by atoms with Crippen molar-refractivity contribution in [1.29, 1.82) is 0 Å². The molecule has 0 amide bonds. The van der Waals surface area contributed by atoms with Gasteiger partial charge in [-0.05, 0) is 85.9 Å². The third kappa shape index (κ3) is 3.99. The molecular formula is C32H52O4. The van der Waals surface area contributed by atoms with Crippen LogP contribution in [-0.2, 0) is 19.1 Å². The molecule has 0 spiro atoms. The summed E-state index contributed by atoms with van der Waals surface area (Å²) < 4.78 is 11.3. The topological polar surface area (TPSA) is 52.6 Å². The lowest BCUT2D eigenvalue weighted by Crippen LogP contribution is -2.63. The highest BCUT2D eigenvalue weighted by Gasteiger charge is 2.67. The Labute approximate surface area is 220 Å². The van der Waals surface area contributed by atoms with Crippen LogP contribution in [0.5, 0.6) is 0 Å². The van der Waals surface area contributed by atoms with Crippen LogP contribution in [0.4, 0.5) is 0 Å². The minimum absolute atomic E-state index is 0.00930. The van der Waals surface area contributed by atoms with E-state index in [4.69, 9.17) is 9.47 Å². The molecule has 4 nitrogen and oxygen atoms in total. The maximum Gasteiger partial charge on any atom is 0.312 e. The van der Waals surface area contributed by atoms with Gasteiger partial charge >= 0.3 is 11.9 Å². The first-order valence-electron chi connectivity index (χ1n) is 14.8. The SMILES string of the molecule is CCCCCC1(C(=O)OC)CCC2(C)C(=CCC3C4(C)CCC(OC(C)=O)C(C)(C)C4CCC32C)C1. The first-order valence-corrected chi connectivity index (χ1v) is 14.8. The highest BCUT2D eigenvalue weighted by molar-refractivity contribution is 5.77. The summed E-state index contributed by atoms with van der Waals surface area (Å²) in [5.74, 6) is 1.02. The molecule has 0 aliphatic heterocycles.